The van der Waals surface area contributed by atoms with E-state index in [1.807, 2.05) is 54.9 Å². The van der Waals surface area contributed by atoms with Gasteiger partial charge in [0.1, 0.15) is 11.3 Å². The van der Waals surface area contributed by atoms with Crippen molar-refractivity contribution in [3.63, 3.8) is 0 Å². The molecule has 0 aliphatic rings. The van der Waals surface area contributed by atoms with Crippen molar-refractivity contribution in [2.45, 2.75) is 0 Å². The largest absolute Gasteiger partial charge is 0.397 e. The van der Waals surface area contributed by atoms with Crippen molar-refractivity contribution < 1.29 is 4.79 Å². The van der Waals surface area contributed by atoms with E-state index in [0.29, 0.717) is 28.9 Å². The van der Waals surface area contributed by atoms with E-state index in [1.54, 1.807) is 30.5 Å². The Balaban J connectivity index is 0.000000137. The van der Waals surface area contributed by atoms with Crippen LogP contribution in [0.15, 0.2) is 97.5 Å². The van der Waals surface area contributed by atoms with Crippen molar-refractivity contribution in [2.24, 2.45) is 0 Å². The van der Waals surface area contributed by atoms with Crippen LogP contribution in [0.1, 0.15) is 16.1 Å². The van der Waals surface area contributed by atoms with Gasteiger partial charge in [-0.25, -0.2) is 9.97 Å². The molecule has 4 aromatic heterocycles. The predicted molar refractivity (Wildman–Crippen MR) is 141 cm³/mol. The van der Waals surface area contributed by atoms with E-state index in [2.05, 4.69) is 37.4 Å². The molecule has 4 N–H and O–H groups in total. The first-order chi connectivity index (χ1) is 17.1. The Hall–Kier alpha value is -5.22. The highest BCUT2D eigenvalue weighted by molar-refractivity contribution is 5.96. The molecule has 7 nitrogen and oxygen atoms in total. The molecule has 0 aliphatic heterocycles. The van der Waals surface area contributed by atoms with Crippen LogP contribution in [0.3, 0.4) is 0 Å². The molecule has 0 fully saturated rings. The Bertz CT molecular complexity index is 1640. The Morgan fingerprint density at radius 2 is 1.49 bits per heavy atom. The SMILES string of the molecule is C#Cc1ncccc1C=O.Nc1ccccc1N.c1ccc2c(c1)nc1c3cccnc3ccn21. The number of aldehydes is 1. The number of benzene rings is 2. The fourth-order valence-corrected chi connectivity index (χ4v) is 3.41. The van der Waals surface area contributed by atoms with E-state index in [4.69, 9.17) is 17.9 Å². The lowest BCUT2D eigenvalue weighted by Gasteiger charge is -1.99. The first kappa shape index (κ1) is 23.0. The normalized spacial score (nSPS) is 10.0. The van der Waals surface area contributed by atoms with E-state index in [9.17, 15) is 4.79 Å². The first-order valence-corrected chi connectivity index (χ1v) is 10.7. The number of hydrogen-bond acceptors (Lipinski definition) is 6. The van der Waals surface area contributed by atoms with Gasteiger partial charge in [-0.3, -0.25) is 14.2 Å². The Morgan fingerprint density at radius 1 is 0.800 bits per heavy atom. The topological polar surface area (TPSA) is 112 Å². The minimum absolute atomic E-state index is 0.400. The lowest BCUT2D eigenvalue weighted by atomic mass is 10.2. The maximum atomic E-state index is 10.3. The number of nitrogens with two attached hydrogens (primary N) is 2. The summed E-state index contributed by atoms with van der Waals surface area (Å²) in [4.78, 5) is 23.1. The molecule has 0 spiro atoms. The van der Waals surface area contributed by atoms with E-state index in [-0.39, 0.29) is 0 Å². The first-order valence-electron chi connectivity index (χ1n) is 10.7. The molecule has 170 valence electrons. The van der Waals surface area contributed by atoms with Gasteiger partial charge in [-0.05, 0) is 60.5 Å². The lowest BCUT2D eigenvalue weighted by Crippen LogP contribution is -1.91. The second-order valence-electron chi connectivity index (χ2n) is 7.38. The summed E-state index contributed by atoms with van der Waals surface area (Å²) in [5, 5.41) is 1.09. The molecule has 7 heteroatoms. The van der Waals surface area contributed by atoms with Gasteiger partial charge in [-0.2, -0.15) is 0 Å². The van der Waals surface area contributed by atoms with Gasteiger partial charge in [0.25, 0.3) is 0 Å². The smallest absolute Gasteiger partial charge is 0.152 e. The molecule has 0 atom stereocenters. The van der Waals surface area contributed by atoms with Crippen LogP contribution in [0.2, 0.25) is 0 Å². The average Bonchev–Trinajstić information content (AvgIpc) is 3.30. The molecule has 0 unspecified atom stereocenters. The van der Waals surface area contributed by atoms with Crippen LogP contribution in [0, 0.1) is 12.3 Å². The number of terminal acetylenes is 1. The summed E-state index contributed by atoms with van der Waals surface area (Å²) in [6.45, 7) is 0. The summed E-state index contributed by atoms with van der Waals surface area (Å²) in [6.07, 6.45) is 11.1. The number of aromatic nitrogens is 4. The second kappa shape index (κ2) is 10.6. The molecule has 35 heavy (non-hydrogen) atoms. The molecule has 2 aromatic carbocycles. The standard InChI is InChI=1S/C14H9N3.C8H5NO.C6H8N2/c1-2-6-13-12(5-1)16-14-10-4-3-8-15-11(10)7-9-17(13)14;1-2-8-7(6-10)4-3-5-9-8;7-5-3-1-2-4-6(5)8/h1-9H;1,3-6H;1-4H,7-8H2. The van der Waals surface area contributed by atoms with Crippen LogP contribution in [0.25, 0.3) is 27.6 Å². The van der Waals surface area contributed by atoms with Crippen molar-refractivity contribution in [1.29, 1.82) is 0 Å². The number of carbonyl (C=O) groups excluding carboxylic acids is 1. The monoisotopic (exact) mass is 458 g/mol. The summed E-state index contributed by atoms with van der Waals surface area (Å²) in [6, 6.07) is 24.7. The van der Waals surface area contributed by atoms with Crippen molar-refractivity contribution in [3.8, 4) is 12.3 Å². The van der Waals surface area contributed by atoms with Crippen LogP contribution >= 0.6 is 0 Å². The number of nitrogens with zero attached hydrogens (tertiary/aromatic N) is 4. The van der Waals surface area contributed by atoms with E-state index in [1.165, 1.54) is 0 Å². The predicted octanol–water partition coefficient (Wildman–Crippen LogP) is 4.76. The van der Waals surface area contributed by atoms with E-state index < -0.39 is 0 Å². The summed E-state index contributed by atoms with van der Waals surface area (Å²) in [5.74, 6) is 2.30. The number of imidazole rings is 1. The van der Waals surface area contributed by atoms with Gasteiger partial charge in [0, 0.05) is 29.5 Å². The maximum Gasteiger partial charge on any atom is 0.152 e. The maximum absolute atomic E-state index is 10.3. The van der Waals surface area contributed by atoms with Gasteiger partial charge in [-0.15, -0.1) is 6.42 Å². The molecular formula is C28H22N6O. The van der Waals surface area contributed by atoms with E-state index >= 15 is 0 Å². The summed E-state index contributed by atoms with van der Waals surface area (Å²) >= 11 is 0. The van der Waals surface area contributed by atoms with Gasteiger partial charge >= 0.3 is 0 Å². The van der Waals surface area contributed by atoms with Crippen molar-refractivity contribution in [2.75, 3.05) is 11.5 Å². The van der Waals surface area contributed by atoms with Crippen LogP contribution in [-0.4, -0.2) is 25.6 Å². The van der Waals surface area contributed by atoms with Gasteiger partial charge in [0.15, 0.2) is 6.29 Å². The minimum atomic E-state index is 0.400. The Kier molecular flexibility index (Phi) is 6.95. The number of fused-ring (bicyclic) bond motifs is 5. The van der Waals surface area contributed by atoms with Crippen molar-refractivity contribution >= 4 is 45.2 Å². The zero-order valence-electron chi connectivity index (χ0n) is 18.7. The second-order valence-corrected chi connectivity index (χ2v) is 7.38. The number of rotatable bonds is 1. The van der Waals surface area contributed by atoms with Crippen LogP contribution in [-0.2, 0) is 0 Å². The zero-order valence-corrected chi connectivity index (χ0v) is 18.7. The van der Waals surface area contributed by atoms with Crippen LogP contribution in [0.4, 0.5) is 11.4 Å². The quantitative estimate of drug-likeness (QED) is 0.209. The molecule has 0 radical (unpaired) electrons. The number of para-hydroxylation sites is 4. The molecule has 0 bridgehead atoms. The summed E-state index contributed by atoms with van der Waals surface area (Å²) in [7, 11) is 0. The van der Waals surface area contributed by atoms with Gasteiger partial charge in [-0.1, -0.05) is 24.3 Å². The average molecular weight is 459 g/mol. The number of pyridine rings is 3. The van der Waals surface area contributed by atoms with Gasteiger partial charge < -0.3 is 11.5 Å². The third kappa shape index (κ3) is 5.07. The fourth-order valence-electron chi connectivity index (χ4n) is 3.41. The van der Waals surface area contributed by atoms with E-state index in [0.717, 1.165) is 27.6 Å². The summed E-state index contributed by atoms with van der Waals surface area (Å²) < 4.78 is 2.11. The van der Waals surface area contributed by atoms with Crippen molar-refractivity contribution in [1.82, 2.24) is 19.4 Å². The van der Waals surface area contributed by atoms with Gasteiger partial charge in [0.2, 0.25) is 0 Å². The molecule has 0 amide bonds. The molecule has 6 aromatic rings. The minimum Gasteiger partial charge on any atom is -0.397 e. The lowest BCUT2D eigenvalue weighted by molar-refractivity contribution is 0.112. The number of nitrogen functional groups attached to an aromatic ring is 2. The molecular weight excluding hydrogens is 436 g/mol. The third-order valence-corrected chi connectivity index (χ3v) is 5.16. The Morgan fingerprint density at radius 3 is 2.17 bits per heavy atom. The fraction of sp³-hybridized carbons (Fsp3) is 0. The molecule has 6 rings (SSSR count). The highest BCUT2D eigenvalue weighted by Crippen LogP contribution is 2.22. The Labute approximate surface area is 202 Å². The summed E-state index contributed by atoms with van der Waals surface area (Å²) in [5.41, 5.74) is 17.0. The highest BCUT2D eigenvalue weighted by Gasteiger charge is 2.06. The van der Waals surface area contributed by atoms with Crippen molar-refractivity contribution in [3.05, 3.63) is 109 Å². The van der Waals surface area contributed by atoms with Crippen LogP contribution < -0.4 is 11.5 Å². The number of carbonyl (C=O) groups is 1. The molecule has 0 aliphatic carbocycles. The third-order valence-electron chi connectivity index (χ3n) is 5.16. The number of anilines is 2. The molecule has 0 saturated heterocycles. The highest BCUT2D eigenvalue weighted by atomic mass is 16.1. The molecule has 4 heterocycles. The molecule has 0 saturated carbocycles. The zero-order chi connectivity index (χ0) is 24.6. The number of hydrogen-bond donors (Lipinski definition) is 2. The van der Waals surface area contributed by atoms with Crippen LogP contribution in [0.5, 0.6) is 0 Å². The van der Waals surface area contributed by atoms with Gasteiger partial charge in [0.05, 0.1) is 27.9 Å².